The van der Waals surface area contributed by atoms with Crippen molar-refractivity contribution in [3.63, 3.8) is 0 Å². The van der Waals surface area contributed by atoms with Crippen molar-refractivity contribution < 1.29 is 9.30 Å². The molecule has 1 heterocycles. The van der Waals surface area contributed by atoms with Crippen molar-refractivity contribution in [1.82, 2.24) is 0 Å². The van der Waals surface area contributed by atoms with Gasteiger partial charge in [0.1, 0.15) is 12.3 Å². The van der Waals surface area contributed by atoms with Gasteiger partial charge in [-0.1, -0.05) is 6.92 Å². The van der Waals surface area contributed by atoms with Crippen LogP contribution in [0.5, 0.6) is 5.75 Å². The van der Waals surface area contributed by atoms with Crippen LogP contribution in [0.1, 0.15) is 13.3 Å². The minimum atomic E-state index is 0.915. The number of hydrogen-bond donors (Lipinski definition) is 0. The van der Waals surface area contributed by atoms with E-state index in [-0.39, 0.29) is 0 Å². The lowest BCUT2D eigenvalue weighted by Crippen LogP contribution is -2.33. The van der Waals surface area contributed by atoms with Gasteiger partial charge in [0.25, 0.3) is 0 Å². The van der Waals surface area contributed by atoms with Gasteiger partial charge in [0.15, 0.2) is 6.20 Å². The summed E-state index contributed by atoms with van der Waals surface area (Å²) in [4.78, 5) is 0. The maximum atomic E-state index is 5.24. The van der Waals surface area contributed by atoms with Gasteiger partial charge in [-0.2, -0.15) is 4.57 Å². The van der Waals surface area contributed by atoms with E-state index in [9.17, 15) is 0 Å². The molecule has 0 saturated carbocycles. The Morgan fingerprint density at radius 1 is 1.27 bits per heavy atom. The molecular weight excluding hydrogens is 186 g/mol. The van der Waals surface area contributed by atoms with Crippen molar-refractivity contribution in [3.05, 3.63) is 36.5 Å². The fraction of sp³-hybridized carbons (Fsp3) is 0.308. The van der Waals surface area contributed by atoms with Crippen LogP contribution >= 0.6 is 0 Å². The van der Waals surface area contributed by atoms with E-state index in [1.54, 1.807) is 7.11 Å². The second kappa shape index (κ2) is 4.30. The van der Waals surface area contributed by atoms with Crippen LogP contribution in [-0.2, 0) is 6.54 Å². The van der Waals surface area contributed by atoms with Crippen molar-refractivity contribution >= 4 is 10.9 Å². The minimum Gasteiger partial charge on any atom is -0.497 e. The smallest absolute Gasteiger partial charge is 0.216 e. The molecule has 1 aromatic carbocycles. The minimum absolute atomic E-state index is 0.915. The second-order valence-corrected chi connectivity index (χ2v) is 3.63. The number of methoxy groups -OCH3 is 1. The van der Waals surface area contributed by atoms with E-state index in [2.05, 4.69) is 42.0 Å². The van der Waals surface area contributed by atoms with Gasteiger partial charge < -0.3 is 4.74 Å². The number of pyridine rings is 1. The molecule has 0 unspecified atom stereocenters. The monoisotopic (exact) mass is 202 g/mol. The number of rotatable bonds is 3. The Hall–Kier alpha value is -1.57. The van der Waals surface area contributed by atoms with Crippen molar-refractivity contribution in [2.75, 3.05) is 7.11 Å². The van der Waals surface area contributed by atoms with Crippen molar-refractivity contribution in [3.8, 4) is 5.75 Å². The normalized spacial score (nSPS) is 10.5. The molecule has 0 N–H and O–H groups in total. The number of benzene rings is 1. The highest BCUT2D eigenvalue weighted by molar-refractivity contribution is 5.76. The van der Waals surface area contributed by atoms with Crippen LogP contribution < -0.4 is 9.30 Å². The predicted molar refractivity (Wildman–Crippen MR) is 61.0 cm³/mol. The predicted octanol–water partition coefficient (Wildman–Crippen LogP) is 2.55. The maximum absolute atomic E-state index is 5.24. The van der Waals surface area contributed by atoms with Crippen molar-refractivity contribution in [2.24, 2.45) is 0 Å². The Kier molecular flexibility index (Phi) is 2.86. The van der Waals surface area contributed by atoms with Gasteiger partial charge in [0, 0.05) is 17.9 Å². The molecule has 78 valence electrons. The van der Waals surface area contributed by atoms with E-state index >= 15 is 0 Å². The Balaban J connectivity index is 2.59. The lowest BCUT2D eigenvalue weighted by molar-refractivity contribution is -0.671. The highest BCUT2D eigenvalue weighted by Crippen LogP contribution is 2.17. The molecule has 15 heavy (non-hydrogen) atoms. The van der Waals surface area contributed by atoms with Crippen LogP contribution in [0.25, 0.3) is 10.9 Å². The summed E-state index contributed by atoms with van der Waals surface area (Å²) in [7, 11) is 1.70. The lowest BCUT2D eigenvalue weighted by Gasteiger charge is -2.02. The molecule has 2 aromatic rings. The molecule has 0 saturated heterocycles. The zero-order chi connectivity index (χ0) is 10.7. The number of hydrogen-bond acceptors (Lipinski definition) is 1. The summed E-state index contributed by atoms with van der Waals surface area (Å²) >= 11 is 0. The summed E-state index contributed by atoms with van der Waals surface area (Å²) in [5, 5.41) is 1.26. The van der Waals surface area contributed by atoms with Crippen molar-refractivity contribution in [1.29, 1.82) is 0 Å². The summed E-state index contributed by atoms with van der Waals surface area (Å²) < 4.78 is 7.50. The third-order valence-electron chi connectivity index (χ3n) is 2.55. The molecular formula is C13H16NO+. The van der Waals surface area contributed by atoms with Gasteiger partial charge in [-0.05, 0) is 18.2 Å². The van der Waals surface area contributed by atoms with Gasteiger partial charge in [0.05, 0.1) is 13.2 Å². The number of aryl methyl sites for hydroxylation is 1. The molecule has 0 radical (unpaired) electrons. The van der Waals surface area contributed by atoms with Crippen LogP contribution in [0.15, 0.2) is 36.5 Å². The van der Waals surface area contributed by atoms with E-state index in [4.69, 9.17) is 4.74 Å². The van der Waals surface area contributed by atoms with Crippen molar-refractivity contribution in [2.45, 2.75) is 19.9 Å². The van der Waals surface area contributed by atoms with Crippen LogP contribution in [0.2, 0.25) is 0 Å². The first-order valence-corrected chi connectivity index (χ1v) is 5.31. The van der Waals surface area contributed by atoms with Gasteiger partial charge >= 0.3 is 0 Å². The molecule has 0 amide bonds. The van der Waals surface area contributed by atoms with Gasteiger partial charge in [-0.25, -0.2) is 0 Å². The van der Waals surface area contributed by atoms with Crippen LogP contribution in [0.3, 0.4) is 0 Å². The largest absolute Gasteiger partial charge is 0.497 e. The third-order valence-corrected chi connectivity index (χ3v) is 2.55. The van der Waals surface area contributed by atoms with Gasteiger partial charge in [0.2, 0.25) is 5.52 Å². The number of fused-ring (bicyclic) bond motifs is 1. The standard InChI is InChI=1S/C13H16NO/c1-3-8-14-9-4-5-11-6-7-12(15-2)10-13(11)14/h4-7,9-10H,3,8H2,1-2H3/q+1. The molecule has 0 aliphatic rings. The van der Waals surface area contributed by atoms with Gasteiger partial charge in [-0.15, -0.1) is 0 Å². The molecule has 1 aromatic heterocycles. The average molecular weight is 202 g/mol. The first kappa shape index (κ1) is 9.97. The Morgan fingerprint density at radius 2 is 2.13 bits per heavy atom. The quantitative estimate of drug-likeness (QED) is 0.697. The summed E-state index contributed by atoms with van der Waals surface area (Å²) in [6.45, 7) is 3.23. The maximum Gasteiger partial charge on any atom is 0.216 e. The molecule has 2 rings (SSSR count). The zero-order valence-corrected chi connectivity index (χ0v) is 9.23. The fourth-order valence-corrected chi connectivity index (χ4v) is 1.81. The summed E-state index contributed by atoms with van der Waals surface area (Å²) in [5.74, 6) is 0.915. The Bertz CT molecular complexity index is 465. The number of nitrogens with zero attached hydrogens (tertiary/aromatic N) is 1. The van der Waals surface area contributed by atoms with Crippen LogP contribution in [0, 0.1) is 0 Å². The van der Waals surface area contributed by atoms with E-state index in [0.717, 1.165) is 18.7 Å². The SMILES string of the molecule is CCC[n+]1cccc2ccc(OC)cc21. The van der Waals surface area contributed by atoms with Crippen LogP contribution in [0.4, 0.5) is 0 Å². The number of ether oxygens (including phenoxy) is 1. The van der Waals surface area contributed by atoms with Gasteiger partial charge in [-0.3, -0.25) is 0 Å². The second-order valence-electron chi connectivity index (χ2n) is 3.63. The molecule has 0 aliphatic heterocycles. The van der Waals surface area contributed by atoms with E-state index in [0.29, 0.717) is 0 Å². The lowest BCUT2D eigenvalue weighted by atomic mass is 10.2. The Morgan fingerprint density at radius 3 is 2.87 bits per heavy atom. The molecule has 0 atom stereocenters. The van der Waals surface area contributed by atoms with E-state index in [1.165, 1.54) is 10.9 Å². The topological polar surface area (TPSA) is 13.1 Å². The molecule has 0 aliphatic carbocycles. The molecule has 2 heteroatoms. The summed E-state index contributed by atoms with van der Waals surface area (Å²) in [6, 6.07) is 10.4. The fourth-order valence-electron chi connectivity index (χ4n) is 1.81. The highest BCUT2D eigenvalue weighted by atomic mass is 16.5. The third kappa shape index (κ3) is 1.94. The average Bonchev–Trinajstić information content (AvgIpc) is 2.29. The first-order valence-electron chi connectivity index (χ1n) is 5.31. The Labute approximate surface area is 90.1 Å². The first-order chi connectivity index (χ1) is 7.35. The number of aromatic nitrogens is 1. The highest BCUT2D eigenvalue weighted by Gasteiger charge is 2.07. The zero-order valence-electron chi connectivity index (χ0n) is 9.23. The molecule has 0 fully saturated rings. The van der Waals surface area contributed by atoms with Crippen LogP contribution in [-0.4, -0.2) is 7.11 Å². The molecule has 0 spiro atoms. The summed E-state index contributed by atoms with van der Waals surface area (Å²) in [5.41, 5.74) is 1.23. The molecule has 0 bridgehead atoms. The summed E-state index contributed by atoms with van der Waals surface area (Å²) in [6.07, 6.45) is 3.26. The molecule has 2 nitrogen and oxygen atoms in total. The van der Waals surface area contributed by atoms with E-state index < -0.39 is 0 Å². The van der Waals surface area contributed by atoms with E-state index in [1.807, 2.05) is 6.07 Å².